The molecule has 0 radical (unpaired) electrons. The van der Waals surface area contributed by atoms with Gasteiger partial charge in [-0.25, -0.2) is 4.98 Å². The van der Waals surface area contributed by atoms with E-state index >= 15 is 0 Å². The van der Waals surface area contributed by atoms with Gasteiger partial charge in [0.05, 0.1) is 132 Å². The lowest BCUT2D eigenvalue weighted by Crippen LogP contribution is -2.24. The maximum Gasteiger partial charge on any atom is 0.245 e. The van der Waals surface area contributed by atoms with E-state index in [-0.39, 0.29) is 18.3 Å². The molecule has 0 fully saturated rings. The molecule has 3 aromatic rings. The van der Waals surface area contributed by atoms with Gasteiger partial charge in [-0.2, -0.15) is 9.97 Å². The third-order valence-electron chi connectivity index (χ3n) is 7.33. The summed E-state index contributed by atoms with van der Waals surface area (Å²) in [5.74, 6) is 0.344. The van der Waals surface area contributed by atoms with Crippen LogP contribution in [0.1, 0.15) is 30.9 Å². The van der Waals surface area contributed by atoms with Crippen LogP contribution in [0.15, 0.2) is 30.6 Å². The van der Waals surface area contributed by atoms with Crippen molar-refractivity contribution in [2.75, 3.05) is 138 Å². The SMILES string of the molecule is CCCOCCOCCOCCOCCOCCOCCOCCOCCOCCOCCC(=O)NCc1ccc(COc2nc(N)nc3nc[nH]c23)cc1. The number of aromatic nitrogens is 4. The number of amides is 1. The van der Waals surface area contributed by atoms with Gasteiger partial charge in [0, 0.05) is 19.6 Å². The molecule has 3 rings (SSSR count). The van der Waals surface area contributed by atoms with Gasteiger partial charge < -0.3 is 68.1 Å². The Labute approximate surface area is 323 Å². The zero-order valence-electron chi connectivity index (χ0n) is 32.2. The second kappa shape index (κ2) is 31.6. The standard InChI is InChI=1S/C37H60N6O12/c1-2-8-45-10-12-47-14-16-49-18-20-51-22-24-53-26-27-54-25-23-52-21-19-50-17-15-48-13-11-46-9-7-33(44)39-28-31-3-5-32(6-4-31)29-55-36-34-35(41-30-40-34)42-37(38)43-36/h3-6,30H,2,7-29H2,1H3,(H,39,44)(H3,38,40,41,42,43). The van der Waals surface area contributed by atoms with Crippen molar-refractivity contribution in [2.45, 2.75) is 32.9 Å². The molecule has 1 aromatic carbocycles. The van der Waals surface area contributed by atoms with Gasteiger partial charge in [-0.05, 0) is 17.5 Å². The van der Waals surface area contributed by atoms with Gasteiger partial charge in [0.15, 0.2) is 5.65 Å². The maximum atomic E-state index is 12.2. The van der Waals surface area contributed by atoms with Crippen LogP contribution in [0.2, 0.25) is 0 Å². The second-order valence-electron chi connectivity index (χ2n) is 11.7. The van der Waals surface area contributed by atoms with E-state index in [0.29, 0.717) is 156 Å². The minimum Gasteiger partial charge on any atom is -0.471 e. The number of nitrogens with zero attached hydrogens (tertiary/aromatic N) is 3. The lowest BCUT2D eigenvalue weighted by Gasteiger charge is -2.09. The Morgan fingerprint density at radius 3 is 1.47 bits per heavy atom. The normalized spacial score (nSPS) is 11.4. The average Bonchev–Trinajstić information content (AvgIpc) is 3.67. The van der Waals surface area contributed by atoms with Gasteiger partial charge in [0.2, 0.25) is 17.7 Å². The topological polar surface area (TPSA) is 211 Å². The van der Waals surface area contributed by atoms with Crippen molar-refractivity contribution in [3.8, 4) is 5.88 Å². The van der Waals surface area contributed by atoms with Crippen molar-refractivity contribution >= 4 is 23.0 Å². The van der Waals surface area contributed by atoms with Crippen LogP contribution >= 0.6 is 0 Å². The zero-order valence-corrected chi connectivity index (χ0v) is 32.2. The Morgan fingerprint density at radius 2 is 1.02 bits per heavy atom. The molecule has 310 valence electrons. The summed E-state index contributed by atoms with van der Waals surface area (Å²) >= 11 is 0. The molecule has 0 unspecified atom stereocenters. The fraction of sp³-hybridized carbons (Fsp3) is 0.676. The Kier molecular flexibility index (Phi) is 26.3. The molecule has 0 saturated carbocycles. The molecule has 0 aliphatic heterocycles. The van der Waals surface area contributed by atoms with E-state index in [2.05, 4.69) is 32.2 Å². The number of carbonyl (C=O) groups excluding carboxylic acids is 1. The predicted octanol–water partition coefficient (Wildman–Crippen LogP) is 2.10. The van der Waals surface area contributed by atoms with E-state index in [9.17, 15) is 4.79 Å². The summed E-state index contributed by atoms with van der Waals surface area (Å²) in [7, 11) is 0. The Morgan fingerprint density at radius 1 is 0.600 bits per heavy atom. The number of H-pyrrole nitrogens is 1. The molecule has 0 bridgehead atoms. The summed E-state index contributed by atoms with van der Waals surface area (Å²) in [6.45, 7) is 12.9. The monoisotopic (exact) mass is 780 g/mol. The first-order chi connectivity index (χ1) is 27.2. The van der Waals surface area contributed by atoms with E-state index in [0.717, 1.165) is 24.2 Å². The van der Waals surface area contributed by atoms with Crippen LogP contribution in [-0.2, 0) is 65.3 Å². The number of aromatic amines is 1. The zero-order chi connectivity index (χ0) is 38.9. The third-order valence-corrected chi connectivity index (χ3v) is 7.33. The smallest absolute Gasteiger partial charge is 0.245 e. The number of carbonyl (C=O) groups is 1. The number of hydrogen-bond acceptors (Lipinski definition) is 16. The van der Waals surface area contributed by atoms with Crippen LogP contribution in [0.3, 0.4) is 0 Å². The Hall–Kier alpha value is -3.56. The fourth-order valence-corrected chi connectivity index (χ4v) is 4.51. The highest BCUT2D eigenvalue weighted by Crippen LogP contribution is 2.21. The van der Waals surface area contributed by atoms with Crippen molar-refractivity contribution in [1.82, 2.24) is 25.3 Å². The second-order valence-corrected chi connectivity index (χ2v) is 11.7. The van der Waals surface area contributed by atoms with Crippen molar-refractivity contribution in [3.63, 3.8) is 0 Å². The molecule has 55 heavy (non-hydrogen) atoms. The molecule has 2 aromatic heterocycles. The van der Waals surface area contributed by atoms with Gasteiger partial charge in [0.1, 0.15) is 12.1 Å². The number of fused-ring (bicyclic) bond motifs is 1. The summed E-state index contributed by atoms with van der Waals surface area (Å²) in [5.41, 5.74) is 8.67. The van der Waals surface area contributed by atoms with Gasteiger partial charge >= 0.3 is 0 Å². The number of benzene rings is 1. The summed E-state index contributed by atoms with van der Waals surface area (Å²) in [6.07, 6.45) is 2.79. The minimum atomic E-state index is -0.0908. The van der Waals surface area contributed by atoms with E-state index in [4.69, 9.17) is 57.8 Å². The van der Waals surface area contributed by atoms with Crippen LogP contribution in [0, 0.1) is 0 Å². The number of nitrogens with one attached hydrogen (secondary N) is 2. The minimum absolute atomic E-state index is 0.0908. The number of nitrogen functional groups attached to an aromatic ring is 1. The van der Waals surface area contributed by atoms with Crippen LogP contribution in [0.5, 0.6) is 5.88 Å². The highest BCUT2D eigenvalue weighted by atomic mass is 16.6. The first-order valence-electron chi connectivity index (χ1n) is 18.9. The lowest BCUT2D eigenvalue weighted by molar-refractivity contribution is -0.122. The highest BCUT2D eigenvalue weighted by molar-refractivity contribution is 5.76. The average molecular weight is 781 g/mol. The van der Waals surface area contributed by atoms with E-state index in [1.165, 1.54) is 6.33 Å². The van der Waals surface area contributed by atoms with Crippen LogP contribution in [0.25, 0.3) is 11.2 Å². The molecule has 18 heteroatoms. The van der Waals surface area contributed by atoms with Gasteiger partial charge in [-0.1, -0.05) is 31.2 Å². The van der Waals surface area contributed by atoms with Crippen molar-refractivity contribution < 1.29 is 56.9 Å². The first kappa shape index (κ1) is 45.8. The van der Waals surface area contributed by atoms with Gasteiger partial charge in [0.25, 0.3) is 0 Å². The predicted molar refractivity (Wildman–Crippen MR) is 202 cm³/mol. The van der Waals surface area contributed by atoms with Gasteiger partial charge in [-0.15, -0.1) is 0 Å². The third kappa shape index (κ3) is 23.2. The van der Waals surface area contributed by atoms with Crippen molar-refractivity contribution in [2.24, 2.45) is 0 Å². The number of anilines is 1. The molecule has 4 N–H and O–H groups in total. The molecule has 0 aliphatic rings. The van der Waals surface area contributed by atoms with E-state index in [1.54, 1.807) is 0 Å². The summed E-state index contributed by atoms with van der Waals surface area (Å²) in [6, 6.07) is 7.73. The summed E-state index contributed by atoms with van der Waals surface area (Å²) < 4.78 is 60.4. The molecule has 0 aliphatic carbocycles. The first-order valence-corrected chi connectivity index (χ1v) is 18.9. The molecule has 0 spiro atoms. The van der Waals surface area contributed by atoms with Gasteiger partial charge in [-0.3, -0.25) is 4.79 Å². The largest absolute Gasteiger partial charge is 0.471 e. The van der Waals surface area contributed by atoms with Crippen LogP contribution in [0.4, 0.5) is 5.95 Å². The Bertz CT molecular complexity index is 1370. The molecular weight excluding hydrogens is 720 g/mol. The number of imidazole rings is 1. The van der Waals surface area contributed by atoms with Crippen LogP contribution in [-0.4, -0.2) is 158 Å². The molecule has 1 amide bonds. The molecule has 0 atom stereocenters. The van der Waals surface area contributed by atoms with E-state index in [1.807, 2.05) is 24.3 Å². The quantitative estimate of drug-likeness (QED) is 0.0715. The summed E-state index contributed by atoms with van der Waals surface area (Å²) in [4.78, 5) is 27.4. The van der Waals surface area contributed by atoms with Crippen molar-refractivity contribution in [3.05, 3.63) is 41.7 Å². The van der Waals surface area contributed by atoms with Crippen LogP contribution < -0.4 is 15.8 Å². The number of hydrogen-bond donors (Lipinski definition) is 3. The highest BCUT2D eigenvalue weighted by Gasteiger charge is 2.10. The fourth-order valence-electron chi connectivity index (χ4n) is 4.51. The summed E-state index contributed by atoms with van der Waals surface area (Å²) in [5, 5.41) is 2.90. The number of ether oxygens (including phenoxy) is 11. The Balaban J connectivity index is 0.983. The molecule has 0 saturated heterocycles. The molecule has 2 heterocycles. The molecule has 18 nitrogen and oxygen atoms in total. The number of nitrogens with two attached hydrogens (primary N) is 1. The van der Waals surface area contributed by atoms with Crippen molar-refractivity contribution in [1.29, 1.82) is 0 Å². The lowest BCUT2D eigenvalue weighted by atomic mass is 10.1. The van der Waals surface area contributed by atoms with E-state index < -0.39 is 0 Å². The number of rotatable bonds is 37. The maximum absolute atomic E-state index is 12.2. The molecular formula is C37H60N6O12.